The average Bonchev–Trinajstić information content (AvgIpc) is 2.29. The Labute approximate surface area is 100 Å². The minimum atomic E-state index is -1.10. The summed E-state index contributed by atoms with van der Waals surface area (Å²) in [4.78, 5) is 18.2. The number of benzene rings is 1. The summed E-state index contributed by atoms with van der Waals surface area (Å²) in [7, 11) is 3.42. The van der Waals surface area contributed by atoms with Gasteiger partial charge in [-0.05, 0) is 30.7 Å². The Morgan fingerprint density at radius 2 is 2.29 bits per heavy atom. The molecule has 0 saturated carbocycles. The second kappa shape index (κ2) is 4.73. The molecule has 1 N–H and O–H groups in total. The molecule has 92 valence electrons. The van der Waals surface area contributed by atoms with Crippen LogP contribution in [0.1, 0.15) is 11.1 Å². The van der Waals surface area contributed by atoms with Gasteiger partial charge < -0.3 is 10.0 Å². The maximum Gasteiger partial charge on any atom is 0.436 e. The van der Waals surface area contributed by atoms with E-state index in [1.165, 1.54) is 12.7 Å². The quantitative estimate of drug-likeness (QED) is 0.794. The van der Waals surface area contributed by atoms with E-state index in [0.717, 1.165) is 30.1 Å². The van der Waals surface area contributed by atoms with Crippen LogP contribution in [0.15, 0.2) is 18.2 Å². The third-order valence-electron chi connectivity index (χ3n) is 3.01. The van der Waals surface area contributed by atoms with Crippen molar-refractivity contribution in [1.29, 1.82) is 0 Å². The van der Waals surface area contributed by atoms with Crippen molar-refractivity contribution in [3.8, 4) is 0 Å². The Hall–Kier alpha value is -1.59. The molecule has 1 aliphatic rings. The molecule has 0 fully saturated rings. The van der Waals surface area contributed by atoms with Crippen molar-refractivity contribution in [1.82, 2.24) is 4.90 Å². The van der Waals surface area contributed by atoms with Gasteiger partial charge in [-0.2, -0.15) is 5.06 Å². The van der Waals surface area contributed by atoms with Gasteiger partial charge in [-0.15, -0.1) is 0 Å². The summed E-state index contributed by atoms with van der Waals surface area (Å²) in [5, 5.41) is 9.99. The van der Waals surface area contributed by atoms with E-state index < -0.39 is 6.09 Å². The summed E-state index contributed by atoms with van der Waals surface area (Å²) < 4.78 is 0. The Bertz CT molecular complexity index is 434. The first-order valence-corrected chi connectivity index (χ1v) is 5.50. The SMILES string of the molecule is CON(C(=O)O)c1cccc2c1CCN(C)C2. The van der Waals surface area contributed by atoms with Gasteiger partial charge in [0, 0.05) is 13.1 Å². The molecular weight excluding hydrogens is 220 g/mol. The number of rotatable bonds is 2. The molecule has 1 heterocycles. The van der Waals surface area contributed by atoms with Crippen LogP contribution in [-0.2, 0) is 17.8 Å². The second-order valence-corrected chi connectivity index (χ2v) is 4.16. The molecule has 1 amide bonds. The van der Waals surface area contributed by atoms with Crippen molar-refractivity contribution < 1.29 is 14.7 Å². The highest BCUT2D eigenvalue weighted by Crippen LogP contribution is 2.28. The lowest BCUT2D eigenvalue weighted by atomic mass is 9.98. The first-order valence-electron chi connectivity index (χ1n) is 5.50. The minimum absolute atomic E-state index is 0.630. The van der Waals surface area contributed by atoms with Crippen molar-refractivity contribution >= 4 is 11.8 Å². The molecule has 1 aromatic rings. The smallest absolute Gasteiger partial charge is 0.436 e. The fraction of sp³-hybridized carbons (Fsp3) is 0.417. The highest BCUT2D eigenvalue weighted by atomic mass is 16.7. The van der Waals surface area contributed by atoms with Crippen molar-refractivity contribution in [2.75, 3.05) is 25.8 Å². The number of hydroxylamine groups is 1. The van der Waals surface area contributed by atoms with E-state index in [1.54, 1.807) is 6.07 Å². The summed E-state index contributed by atoms with van der Waals surface area (Å²) in [6.07, 6.45) is -0.255. The fourth-order valence-electron chi connectivity index (χ4n) is 2.20. The van der Waals surface area contributed by atoms with E-state index in [4.69, 9.17) is 9.94 Å². The monoisotopic (exact) mass is 236 g/mol. The first-order chi connectivity index (χ1) is 8.13. The highest BCUT2D eigenvalue weighted by molar-refractivity contribution is 5.85. The molecule has 0 spiro atoms. The van der Waals surface area contributed by atoms with Gasteiger partial charge in [0.2, 0.25) is 0 Å². The first kappa shape index (κ1) is 11.9. The van der Waals surface area contributed by atoms with Crippen LogP contribution in [0.4, 0.5) is 10.5 Å². The van der Waals surface area contributed by atoms with E-state index in [1.807, 2.05) is 12.1 Å². The van der Waals surface area contributed by atoms with Gasteiger partial charge in [-0.25, -0.2) is 4.79 Å². The highest BCUT2D eigenvalue weighted by Gasteiger charge is 2.22. The van der Waals surface area contributed by atoms with E-state index in [0.29, 0.717) is 5.69 Å². The van der Waals surface area contributed by atoms with Gasteiger partial charge in [0.15, 0.2) is 0 Å². The van der Waals surface area contributed by atoms with Crippen LogP contribution in [0.3, 0.4) is 0 Å². The van der Waals surface area contributed by atoms with E-state index in [2.05, 4.69) is 11.9 Å². The number of carbonyl (C=O) groups is 1. The molecule has 17 heavy (non-hydrogen) atoms. The van der Waals surface area contributed by atoms with Crippen molar-refractivity contribution in [2.45, 2.75) is 13.0 Å². The van der Waals surface area contributed by atoms with Gasteiger partial charge in [-0.3, -0.25) is 4.84 Å². The zero-order chi connectivity index (χ0) is 12.4. The summed E-state index contributed by atoms with van der Waals surface area (Å²) >= 11 is 0. The molecule has 0 unspecified atom stereocenters. The molecule has 2 rings (SSSR count). The average molecular weight is 236 g/mol. The van der Waals surface area contributed by atoms with Crippen LogP contribution in [0.25, 0.3) is 0 Å². The van der Waals surface area contributed by atoms with Crippen molar-refractivity contribution in [3.05, 3.63) is 29.3 Å². The molecular formula is C12H16N2O3. The normalized spacial score (nSPS) is 15.4. The van der Waals surface area contributed by atoms with Gasteiger partial charge in [0.25, 0.3) is 0 Å². The largest absolute Gasteiger partial charge is 0.463 e. The second-order valence-electron chi connectivity index (χ2n) is 4.16. The fourth-order valence-corrected chi connectivity index (χ4v) is 2.20. The molecule has 0 aromatic heterocycles. The van der Waals surface area contributed by atoms with Gasteiger partial charge in [0.05, 0.1) is 12.8 Å². The summed E-state index contributed by atoms with van der Waals surface area (Å²) in [6, 6.07) is 5.67. The van der Waals surface area contributed by atoms with Crippen LogP contribution >= 0.6 is 0 Å². The van der Waals surface area contributed by atoms with Crippen molar-refractivity contribution in [2.24, 2.45) is 0 Å². The Morgan fingerprint density at radius 1 is 1.53 bits per heavy atom. The predicted octanol–water partition coefficient (Wildman–Crippen LogP) is 1.72. The minimum Gasteiger partial charge on any atom is -0.463 e. The molecule has 0 bridgehead atoms. The van der Waals surface area contributed by atoms with Crippen LogP contribution < -0.4 is 5.06 Å². The lowest BCUT2D eigenvalue weighted by Crippen LogP contribution is -2.32. The lowest BCUT2D eigenvalue weighted by Gasteiger charge is -2.28. The molecule has 0 radical (unpaired) electrons. The van der Waals surface area contributed by atoms with Gasteiger partial charge >= 0.3 is 6.09 Å². The summed E-state index contributed by atoms with van der Waals surface area (Å²) in [6.45, 7) is 1.78. The van der Waals surface area contributed by atoms with E-state index in [-0.39, 0.29) is 0 Å². The number of anilines is 1. The number of fused-ring (bicyclic) bond motifs is 1. The van der Waals surface area contributed by atoms with E-state index >= 15 is 0 Å². The Kier molecular flexibility index (Phi) is 3.31. The topological polar surface area (TPSA) is 53.0 Å². The molecule has 1 aliphatic heterocycles. The Balaban J connectivity index is 2.42. The number of amides is 1. The third-order valence-corrected chi connectivity index (χ3v) is 3.01. The van der Waals surface area contributed by atoms with Gasteiger partial charge in [-0.1, -0.05) is 12.1 Å². The molecule has 0 aliphatic carbocycles. The molecule has 5 heteroatoms. The number of likely N-dealkylation sites (N-methyl/N-ethyl adjacent to an activating group) is 1. The van der Waals surface area contributed by atoms with Crippen LogP contribution in [0.2, 0.25) is 0 Å². The Morgan fingerprint density at radius 3 is 2.94 bits per heavy atom. The summed E-state index contributed by atoms with van der Waals surface area (Å²) in [5.41, 5.74) is 2.86. The zero-order valence-corrected chi connectivity index (χ0v) is 10.0. The third kappa shape index (κ3) is 2.25. The molecule has 5 nitrogen and oxygen atoms in total. The maximum absolute atomic E-state index is 11.1. The molecule has 0 saturated heterocycles. The van der Waals surface area contributed by atoms with Crippen LogP contribution in [0.5, 0.6) is 0 Å². The number of hydrogen-bond donors (Lipinski definition) is 1. The van der Waals surface area contributed by atoms with Crippen LogP contribution in [0, 0.1) is 0 Å². The van der Waals surface area contributed by atoms with Crippen LogP contribution in [-0.4, -0.2) is 36.8 Å². The zero-order valence-electron chi connectivity index (χ0n) is 10.0. The molecule has 0 atom stereocenters. The summed E-state index contributed by atoms with van der Waals surface area (Å²) in [5.74, 6) is 0. The number of carboxylic acid groups (broad SMARTS) is 1. The maximum atomic E-state index is 11.1. The lowest BCUT2D eigenvalue weighted by molar-refractivity contribution is 0.130. The van der Waals surface area contributed by atoms with Gasteiger partial charge in [0.1, 0.15) is 0 Å². The van der Waals surface area contributed by atoms with Crippen molar-refractivity contribution in [3.63, 3.8) is 0 Å². The predicted molar refractivity (Wildman–Crippen MR) is 64.0 cm³/mol. The number of hydrogen-bond acceptors (Lipinski definition) is 3. The molecule has 1 aromatic carbocycles. The number of nitrogens with zero attached hydrogens (tertiary/aromatic N) is 2. The van der Waals surface area contributed by atoms with E-state index in [9.17, 15) is 4.79 Å². The standard InChI is InChI=1S/C12H16N2O3/c1-13-7-6-10-9(8-13)4-3-5-11(10)14(17-2)12(15)16/h3-5H,6-8H2,1-2H3,(H,15,16).